The fraction of sp³-hybridized carbons (Fsp3) is 0. The van der Waals surface area contributed by atoms with Gasteiger partial charge in [0.1, 0.15) is 0 Å². The van der Waals surface area contributed by atoms with Crippen molar-refractivity contribution >= 4 is 55.6 Å². The molecule has 5 N–H and O–H groups in total. The van der Waals surface area contributed by atoms with E-state index in [-0.39, 0.29) is 135 Å². The summed E-state index contributed by atoms with van der Waals surface area (Å²) in [7, 11) is -9.05. The monoisotopic (exact) mass is 700 g/mol. The molecule has 1 aromatic heterocycles. The van der Waals surface area contributed by atoms with E-state index in [0.717, 1.165) is 71.4 Å². The van der Waals surface area contributed by atoms with Crippen molar-refractivity contribution in [1.29, 1.82) is 0 Å². The van der Waals surface area contributed by atoms with E-state index in [0.29, 0.717) is 5.01 Å². The Labute approximate surface area is 348 Å². The molecule has 0 spiro atoms. The molecule has 0 aliphatic carbocycles. The van der Waals surface area contributed by atoms with Crippen molar-refractivity contribution in [2.75, 3.05) is 5.01 Å². The van der Waals surface area contributed by atoms with Crippen molar-refractivity contribution in [2.24, 2.45) is 5.10 Å². The van der Waals surface area contributed by atoms with Gasteiger partial charge in [-0.05, 0) is 60.7 Å². The number of hydrogen-bond donors (Lipinski definition) is 5. The van der Waals surface area contributed by atoms with E-state index in [1.807, 2.05) is 0 Å². The summed E-state index contributed by atoms with van der Waals surface area (Å²) < 4.78 is 64.0. The van der Waals surface area contributed by atoms with Crippen LogP contribution in [0.15, 0.2) is 85.9 Å². The Morgan fingerprint density at radius 2 is 1.24 bits per heavy atom. The van der Waals surface area contributed by atoms with Gasteiger partial charge in [-0.15, -0.1) is 0 Å². The van der Waals surface area contributed by atoms with Crippen molar-refractivity contribution in [3.05, 3.63) is 87.9 Å². The number of amides is 1. The van der Waals surface area contributed by atoms with Crippen LogP contribution in [0.3, 0.4) is 0 Å². The number of anilines is 1. The molecule has 3 aromatic rings. The molecular weight excluding hydrogens is 680 g/mol. The van der Waals surface area contributed by atoms with Gasteiger partial charge in [0.05, 0.1) is 32.3 Å². The molecule has 0 saturated carbocycles. The maximum Gasteiger partial charge on any atom is 1.00 e. The number of aliphatic carboxylic acids is 1. The average molecular weight is 701 g/mol. The predicted octanol–water partition coefficient (Wildman–Crippen LogP) is -10.7. The first-order chi connectivity index (χ1) is 19.1. The summed E-state index contributed by atoms with van der Waals surface area (Å²) in [6, 6.07) is 8.38. The molecule has 4 rings (SSSR count). The van der Waals surface area contributed by atoms with Crippen LogP contribution in [-0.4, -0.2) is 69.5 Å². The first-order valence-corrected chi connectivity index (χ1v) is 13.8. The van der Waals surface area contributed by atoms with Crippen LogP contribution in [0, 0.1) is 0 Å². The summed E-state index contributed by atoms with van der Waals surface area (Å²) in [5.41, 5.74) is -3.08. The maximum absolute atomic E-state index is 13.0. The van der Waals surface area contributed by atoms with E-state index in [2.05, 4.69) is 10.2 Å². The number of rotatable bonds is 8. The third-order valence-electron chi connectivity index (χ3n) is 5.52. The molecule has 45 heavy (non-hydrogen) atoms. The third kappa shape index (κ3) is 9.92. The number of carboxylic acid groups (broad SMARTS) is 2. The molecule has 22 heteroatoms. The average Bonchev–Trinajstić information content (AvgIpc) is 3.40. The number of carboxylic acids is 2. The fourth-order valence-corrected chi connectivity index (χ4v) is 4.57. The molecule has 1 amide bonds. The number of carbonyl (C=O) groups excluding carboxylic acids is 1. The molecule has 220 valence electrons. The second-order valence-electron chi connectivity index (χ2n) is 8.09. The van der Waals surface area contributed by atoms with Gasteiger partial charge in [-0.1, -0.05) is 6.08 Å². The van der Waals surface area contributed by atoms with Crippen molar-refractivity contribution in [3.63, 3.8) is 0 Å². The Hall–Kier alpha value is -1.17. The van der Waals surface area contributed by atoms with Crippen molar-refractivity contribution in [1.82, 2.24) is 9.78 Å². The largest absolute Gasteiger partial charge is 1.00 e. The van der Waals surface area contributed by atoms with Crippen molar-refractivity contribution in [3.8, 4) is 5.69 Å². The number of aromatic nitrogens is 2. The third-order valence-corrected chi connectivity index (χ3v) is 7.25. The second kappa shape index (κ2) is 17.3. The molecule has 2 aromatic carbocycles. The summed E-state index contributed by atoms with van der Waals surface area (Å²) >= 11 is 0. The number of benzene rings is 2. The van der Waals surface area contributed by atoms with Crippen LogP contribution in [0.4, 0.5) is 5.69 Å². The van der Waals surface area contributed by atoms with Gasteiger partial charge >= 0.3 is 130 Å². The molecule has 0 bridgehead atoms. The Kier molecular flexibility index (Phi) is 16.8. The van der Waals surface area contributed by atoms with Crippen LogP contribution in [0.1, 0.15) is 21.8 Å². The fourth-order valence-electron chi connectivity index (χ4n) is 3.61. The molecule has 0 unspecified atom stereocenters. The molecule has 0 radical (unpaired) electrons. The zero-order chi connectivity index (χ0) is 30.3. The first kappa shape index (κ1) is 43.8. The number of carbonyl (C=O) groups is 3. The number of H-pyrrole nitrogens is 1. The summed E-state index contributed by atoms with van der Waals surface area (Å²) in [6.45, 7) is 0. The number of aromatic amines is 1. The molecule has 0 fully saturated rings. The van der Waals surface area contributed by atoms with Crippen LogP contribution in [0.5, 0.6) is 0 Å². The van der Waals surface area contributed by atoms with Gasteiger partial charge in [0.2, 0.25) is 0 Å². The Morgan fingerprint density at radius 1 is 0.778 bits per heavy atom. The predicted molar refractivity (Wildman–Crippen MR) is 144 cm³/mol. The number of allylic oxidation sites excluding steroid dienone is 2. The van der Waals surface area contributed by atoms with E-state index in [9.17, 15) is 46.2 Å². The Bertz CT molecular complexity index is 2010. The van der Waals surface area contributed by atoms with E-state index in [1.54, 1.807) is 0 Å². The minimum atomic E-state index is -4.53. The Balaban J connectivity index is -0.000000807. The number of hydrazone groups is 1. The number of nitrogens with one attached hydrogen (secondary N) is 1. The topological polar surface area (TPSA) is 254 Å². The Morgan fingerprint density at radius 3 is 1.67 bits per heavy atom. The molecule has 1 aliphatic heterocycles. The summed E-state index contributed by atoms with van der Waals surface area (Å²) in [5, 5.41) is 25.8. The molecule has 0 saturated heterocycles. The quantitative estimate of drug-likeness (QED) is 0.0835. The number of hydrogen-bond acceptors (Lipinski definition) is 9. The van der Waals surface area contributed by atoms with Crippen LogP contribution in [-0.2, 0) is 29.8 Å². The van der Waals surface area contributed by atoms with Crippen molar-refractivity contribution in [2.45, 2.75) is 9.79 Å². The minimum Gasteiger partial charge on any atom is -1.00 e. The van der Waals surface area contributed by atoms with Crippen molar-refractivity contribution < 1.29 is 174 Å². The summed E-state index contributed by atoms with van der Waals surface area (Å²) in [5.74, 6) is -4.10. The molecule has 16 nitrogen and oxygen atoms in total. The molecule has 1 aliphatic rings. The minimum absolute atomic E-state index is 0. The SMILES string of the molecule is O=C(O)C1=NN(c2ccc(S(=O)(=O)O)cc2)C(=O)/C1=C\C=C/c1c(C(=O)O)[nH]n(-c2ccc(S(=O)(=O)O)cc2)c1=O.[H-].[H-].[H-].[H-].[Na+].[Na+].[Na+].[Na+]. The van der Waals surface area contributed by atoms with Crippen LogP contribution >= 0.6 is 0 Å². The van der Waals surface area contributed by atoms with Gasteiger partial charge in [0.25, 0.3) is 31.7 Å². The zero-order valence-electron chi connectivity index (χ0n) is 28.1. The van der Waals surface area contributed by atoms with Gasteiger partial charge in [0, 0.05) is 0 Å². The standard InChI is InChI=1S/C23H16N4O12S2.4Na.4H/c28-20-16(18(22(30)31)24-26(20)12-4-8-14(9-5-12)40(34,35)36)2-1-3-17-19(23(32)33)25-27(21(17)29)13-6-10-15(11-7-13)41(37,38)39;;;;;;;;/h1-11,24H,(H,30,31)(H,32,33)(H,34,35,36)(H,37,38,39);;;;;;;;/q;4*+1;4*-1/b2-1-,17-3-;;;;;;;;. The summed E-state index contributed by atoms with van der Waals surface area (Å²) in [6.07, 6.45) is 3.01. The zero-order valence-corrected chi connectivity index (χ0v) is 33.7. The molecular formula is C23H20N4Na4O12S2. The van der Waals surface area contributed by atoms with Crippen LogP contribution < -0.4 is 129 Å². The van der Waals surface area contributed by atoms with Gasteiger partial charge in [-0.2, -0.15) is 26.9 Å². The molecule has 2 heterocycles. The number of nitrogens with zero attached hydrogens (tertiary/aromatic N) is 3. The van der Waals surface area contributed by atoms with Gasteiger partial charge in [0.15, 0.2) is 11.4 Å². The van der Waals surface area contributed by atoms with E-state index < -0.39 is 76.0 Å². The maximum atomic E-state index is 13.0. The van der Waals surface area contributed by atoms with E-state index in [4.69, 9.17) is 9.11 Å². The van der Waals surface area contributed by atoms with Gasteiger partial charge < -0.3 is 15.9 Å². The van der Waals surface area contributed by atoms with Crippen LogP contribution in [0.25, 0.3) is 11.8 Å². The van der Waals surface area contributed by atoms with Gasteiger partial charge in [-0.3, -0.25) is 23.8 Å². The first-order valence-electron chi connectivity index (χ1n) is 10.9. The van der Waals surface area contributed by atoms with E-state index >= 15 is 0 Å². The van der Waals surface area contributed by atoms with Gasteiger partial charge in [-0.25, -0.2) is 14.3 Å². The summed E-state index contributed by atoms with van der Waals surface area (Å²) in [4.78, 5) is 48.4. The van der Waals surface area contributed by atoms with Crippen LogP contribution in [0.2, 0.25) is 0 Å². The second-order valence-corrected chi connectivity index (χ2v) is 10.9. The normalized spacial score (nSPS) is 13.7. The molecule has 0 atom stereocenters. The smallest absolute Gasteiger partial charge is 1.00 e. The number of aromatic carboxylic acids is 1. The van der Waals surface area contributed by atoms with E-state index in [1.165, 1.54) is 0 Å².